The molecule has 0 radical (unpaired) electrons. The number of carbonyl (C=O) groups excluding carboxylic acids is 1. The van der Waals surface area contributed by atoms with Crippen LogP contribution in [0.5, 0.6) is 5.75 Å². The van der Waals surface area contributed by atoms with E-state index in [2.05, 4.69) is 10.5 Å². The van der Waals surface area contributed by atoms with Crippen LogP contribution in [0.3, 0.4) is 0 Å². The molecule has 2 aromatic carbocycles. The summed E-state index contributed by atoms with van der Waals surface area (Å²) in [6, 6.07) is 12.1. The molecular weight excluding hydrogens is 464 g/mol. The van der Waals surface area contributed by atoms with Gasteiger partial charge in [-0.1, -0.05) is 40.7 Å². The summed E-state index contributed by atoms with van der Waals surface area (Å²) in [6.07, 6.45) is 0. The Morgan fingerprint density at radius 3 is 2.70 bits per heavy atom. The molecule has 0 bridgehead atoms. The number of hydrogen-bond acceptors (Lipinski definition) is 7. The Labute approximate surface area is 198 Å². The highest BCUT2D eigenvalue weighted by atomic mass is 35.5. The molecule has 0 fully saturated rings. The van der Waals surface area contributed by atoms with Crippen molar-refractivity contribution in [1.82, 2.24) is 14.7 Å². The monoisotopic (exact) mass is 484 g/mol. The minimum atomic E-state index is -0.597. The van der Waals surface area contributed by atoms with Crippen molar-refractivity contribution in [3.05, 3.63) is 69.2 Å². The number of ether oxygens (including phenoxy) is 1. The van der Waals surface area contributed by atoms with E-state index in [0.29, 0.717) is 44.1 Å². The fourth-order valence-corrected chi connectivity index (χ4v) is 4.33. The fourth-order valence-electron chi connectivity index (χ4n) is 3.25. The number of methoxy groups -OCH3 is 1. The van der Waals surface area contributed by atoms with E-state index in [0.717, 1.165) is 17.3 Å². The Kier molecular flexibility index (Phi) is 6.44. The molecule has 170 valence electrons. The molecule has 0 aliphatic heterocycles. The summed E-state index contributed by atoms with van der Waals surface area (Å²) in [5.74, 6) is 1.02. The molecule has 1 N–H and O–H groups in total. The minimum absolute atomic E-state index is 0.275. The van der Waals surface area contributed by atoms with Crippen LogP contribution in [0, 0.1) is 13.8 Å². The molecule has 33 heavy (non-hydrogen) atoms. The van der Waals surface area contributed by atoms with Gasteiger partial charge in [-0.25, -0.2) is 4.98 Å². The van der Waals surface area contributed by atoms with E-state index in [-0.39, 0.29) is 11.5 Å². The van der Waals surface area contributed by atoms with Crippen molar-refractivity contribution in [2.45, 2.75) is 31.2 Å². The number of fused-ring (bicyclic) bond motifs is 1. The molecule has 0 saturated carbocycles. The van der Waals surface area contributed by atoms with Crippen LogP contribution >= 0.6 is 23.4 Å². The standard InChI is InChI=1S/C23H21ClN4O4S/c1-12-9-18(19(31-4)11-16(12)24)28-22(30)15-7-5-6-8-17(15)25-23(28)33-14(3)21(29)26-20-10-13(2)32-27-20/h5-11,14H,1-4H3,(H,26,27,29). The summed E-state index contributed by atoms with van der Waals surface area (Å²) in [6.45, 7) is 5.30. The number of amides is 1. The van der Waals surface area contributed by atoms with E-state index < -0.39 is 5.25 Å². The summed E-state index contributed by atoms with van der Waals surface area (Å²) in [7, 11) is 1.51. The van der Waals surface area contributed by atoms with Crippen molar-refractivity contribution in [2.75, 3.05) is 12.4 Å². The van der Waals surface area contributed by atoms with E-state index >= 15 is 0 Å². The molecule has 4 rings (SSSR count). The molecule has 1 atom stereocenters. The molecular formula is C23H21ClN4O4S. The molecule has 0 aliphatic carbocycles. The van der Waals surface area contributed by atoms with Gasteiger partial charge in [-0.15, -0.1) is 0 Å². The van der Waals surface area contributed by atoms with Crippen molar-refractivity contribution in [2.24, 2.45) is 0 Å². The second kappa shape index (κ2) is 9.29. The van der Waals surface area contributed by atoms with Gasteiger partial charge in [0, 0.05) is 17.2 Å². The zero-order valence-electron chi connectivity index (χ0n) is 18.4. The van der Waals surface area contributed by atoms with Crippen molar-refractivity contribution >= 4 is 46.0 Å². The van der Waals surface area contributed by atoms with Crippen LogP contribution in [0.1, 0.15) is 18.2 Å². The maximum atomic E-state index is 13.6. The first-order valence-electron chi connectivity index (χ1n) is 10.1. The summed E-state index contributed by atoms with van der Waals surface area (Å²) >= 11 is 7.43. The first kappa shape index (κ1) is 22.9. The summed E-state index contributed by atoms with van der Waals surface area (Å²) < 4.78 is 12.0. The van der Waals surface area contributed by atoms with Gasteiger partial charge in [0.25, 0.3) is 5.56 Å². The zero-order valence-corrected chi connectivity index (χ0v) is 20.0. The molecule has 1 unspecified atom stereocenters. The summed E-state index contributed by atoms with van der Waals surface area (Å²) in [5.41, 5.74) is 1.52. The lowest BCUT2D eigenvalue weighted by atomic mass is 10.2. The van der Waals surface area contributed by atoms with Crippen molar-refractivity contribution in [3.8, 4) is 11.4 Å². The number of carbonyl (C=O) groups is 1. The van der Waals surface area contributed by atoms with Gasteiger partial charge in [0.15, 0.2) is 11.0 Å². The third-order valence-corrected chi connectivity index (χ3v) is 6.44. The van der Waals surface area contributed by atoms with E-state index in [4.69, 9.17) is 25.8 Å². The predicted octanol–water partition coefficient (Wildman–Crippen LogP) is 4.77. The van der Waals surface area contributed by atoms with Gasteiger partial charge in [-0.2, -0.15) is 0 Å². The first-order valence-corrected chi connectivity index (χ1v) is 11.3. The van der Waals surface area contributed by atoms with Gasteiger partial charge in [-0.3, -0.25) is 14.2 Å². The maximum Gasteiger partial charge on any atom is 0.266 e. The number of benzene rings is 2. The number of hydrogen-bond donors (Lipinski definition) is 1. The summed E-state index contributed by atoms with van der Waals surface area (Å²) in [4.78, 5) is 31.0. The van der Waals surface area contributed by atoms with Gasteiger partial charge in [-0.05, 0) is 44.5 Å². The first-order chi connectivity index (χ1) is 15.8. The van der Waals surface area contributed by atoms with Crippen molar-refractivity contribution in [3.63, 3.8) is 0 Å². The second-order valence-electron chi connectivity index (χ2n) is 7.40. The Bertz CT molecular complexity index is 1420. The van der Waals surface area contributed by atoms with Crippen LogP contribution in [-0.2, 0) is 4.79 Å². The number of rotatable bonds is 6. The Morgan fingerprint density at radius 1 is 1.24 bits per heavy atom. The molecule has 8 nitrogen and oxygen atoms in total. The van der Waals surface area contributed by atoms with Gasteiger partial charge < -0.3 is 14.6 Å². The summed E-state index contributed by atoms with van der Waals surface area (Å²) in [5, 5.41) is 7.22. The Morgan fingerprint density at radius 2 is 2.00 bits per heavy atom. The van der Waals surface area contributed by atoms with Crippen LogP contribution in [-0.4, -0.2) is 33.0 Å². The molecule has 0 aliphatic rings. The normalized spacial score (nSPS) is 12.0. The van der Waals surface area contributed by atoms with E-state index in [1.807, 2.05) is 13.0 Å². The third-order valence-electron chi connectivity index (χ3n) is 4.98. The average molecular weight is 485 g/mol. The molecule has 0 spiro atoms. The molecule has 2 heterocycles. The smallest absolute Gasteiger partial charge is 0.266 e. The topological polar surface area (TPSA) is 99.2 Å². The third kappa shape index (κ3) is 4.60. The van der Waals surface area contributed by atoms with Crippen LogP contribution in [0.15, 0.2) is 56.9 Å². The SMILES string of the molecule is COc1cc(Cl)c(C)cc1-n1c(SC(C)C(=O)Nc2cc(C)on2)nc2ccccc2c1=O. The average Bonchev–Trinajstić information content (AvgIpc) is 3.20. The van der Waals surface area contributed by atoms with Crippen LogP contribution in [0.25, 0.3) is 16.6 Å². The number of aryl methyl sites for hydroxylation is 2. The number of nitrogens with one attached hydrogen (secondary N) is 1. The van der Waals surface area contributed by atoms with Crippen LogP contribution in [0.2, 0.25) is 5.02 Å². The highest BCUT2D eigenvalue weighted by Crippen LogP contribution is 2.33. The van der Waals surface area contributed by atoms with Crippen molar-refractivity contribution in [1.29, 1.82) is 0 Å². The van der Waals surface area contributed by atoms with Gasteiger partial charge >= 0.3 is 0 Å². The second-order valence-corrected chi connectivity index (χ2v) is 9.11. The molecule has 4 aromatic rings. The number of para-hydroxylation sites is 1. The van der Waals surface area contributed by atoms with Gasteiger partial charge in [0.2, 0.25) is 5.91 Å². The Balaban J connectivity index is 1.82. The van der Waals surface area contributed by atoms with E-state index in [1.165, 1.54) is 11.7 Å². The van der Waals surface area contributed by atoms with E-state index in [1.54, 1.807) is 50.2 Å². The number of thioether (sulfide) groups is 1. The number of halogens is 1. The van der Waals surface area contributed by atoms with Crippen molar-refractivity contribution < 1.29 is 14.1 Å². The number of nitrogens with zero attached hydrogens (tertiary/aromatic N) is 3. The molecule has 1 amide bonds. The van der Waals surface area contributed by atoms with Gasteiger partial charge in [0.05, 0.1) is 29.0 Å². The zero-order chi connectivity index (χ0) is 23.7. The lowest BCUT2D eigenvalue weighted by molar-refractivity contribution is -0.115. The number of aromatic nitrogens is 3. The lowest BCUT2D eigenvalue weighted by Gasteiger charge is -2.18. The Hall–Kier alpha value is -3.30. The maximum absolute atomic E-state index is 13.6. The molecule has 10 heteroatoms. The molecule has 0 saturated heterocycles. The van der Waals surface area contributed by atoms with Crippen LogP contribution < -0.4 is 15.6 Å². The fraction of sp³-hybridized carbons (Fsp3) is 0.217. The van der Waals surface area contributed by atoms with E-state index in [9.17, 15) is 9.59 Å². The van der Waals surface area contributed by atoms with Gasteiger partial charge in [0.1, 0.15) is 11.5 Å². The number of anilines is 1. The largest absolute Gasteiger partial charge is 0.495 e. The molecule has 2 aromatic heterocycles. The van der Waals surface area contributed by atoms with Crippen LogP contribution in [0.4, 0.5) is 5.82 Å². The minimum Gasteiger partial charge on any atom is -0.495 e. The highest BCUT2D eigenvalue weighted by Gasteiger charge is 2.23. The highest BCUT2D eigenvalue weighted by molar-refractivity contribution is 8.00. The lowest BCUT2D eigenvalue weighted by Crippen LogP contribution is -2.26. The quantitative estimate of drug-likeness (QED) is 0.311. The predicted molar refractivity (Wildman–Crippen MR) is 129 cm³/mol.